The Kier molecular flexibility index (Phi) is 10.0. The second kappa shape index (κ2) is 13.3. The van der Waals surface area contributed by atoms with E-state index in [9.17, 15) is 17.6 Å². The summed E-state index contributed by atoms with van der Waals surface area (Å²) in [4.78, 5) is 12.2. The van der Waals surface area contributed by atoms with Gasteiger partial charge in [0.2, 0.25) is 5.91 Å². The predicted molar refractivity (Wildman–Crippen MR) is 159 cm³/mol. The summed E-state index contributed by atoms with van der Waals surface area (Å²) in [6.07, 6.45) is 1.72. The van der Waals surface area contributed by atoms with Crippen LogP contribution in [0.1, 0.15) is 30.0 Å². The minimum atomic E-state index is -3.55. The summed E-state index contributed by atoms with van der Waals surface area (Å²) >= 11 is 6.04. The molecule has 0 bridgehead atoms. The molecule has 3 atom stereocenters. The minimum absolute atomic E-state index is 0.0785. The van der Waals surface area contributed by atoms with Gasteiger partial charge in [0, 0.05) is 54.6 Å². The smallest absolute Gasteiger partial charge is 0.243 e. The molecule has 220 valence electrons. The topological polar surface area (TPSA) is 99.3 Å². The third-order valence-electron chi connectivity index (χ3n) is 7.36. The van der Waals surface area contributed by atoms with Gasteiger partial charge >= 0.3 is 0 Å². The van der Waals surface area contributed by atoms with Gasteiger partial charge in [-0.05, 0) is 67.3 Å². The van der Waals surface area contributed by atoms with Crippen LogP contribution >= 0.6 is 11.6 Å². The second-order valence-corrected chi connectivity index (χ2v) is 13.3. The van der Waals surface area contributed by atoms with Crippen molar-refractivity contribution >= 4 is 33.0 Å². The van der Waals surface area contributed by atoms with Crippen LogP contribution in [0.5, 0.6) is 0 Å². The third-order valence-corrected chi connectivity index (χ3v) is 9.50. The van der Waals surface area contributed by atoms with E-state index in [2.05, 4.69) is 21.3 Å². The van der Waals surface area contributed by atoms with Crippen molar-refractivity contribution in [3.63, 3.8) is 0 Å². The number of piperazine rings is 1. The number of hydrogen-bond donors (Lipinski definition) is 4. The Morgan fingerprint density at radius 3 is 2.41 bits per heavy atom. The lowest BCUT2D eigenvalue weighted by molar-refractivity contribution is -0.122. The van der Waals surface area contributed by atoms with Crippen LogP contribution in [-0.2, 0) is 34.0 Å². The van der Waals surface area contributed by atoms with Gasteiger partial charge < -0.3 is 16.0 Å². The molecule has 3 aromatic carbocycles. The van der Waals surface area contributed by atoms with Gasteiger partial charge in [-0.15, -0.1) is 0 Å². The van der Waals surface area contributed by atoms with E-state index in [4.69, 9.17) is 11.6 Å². The molecule has 1 aliphatic rings. The zero-order valence-corrected chi connectivity index (χ0v) is 24.6. The van der Waals surface area contributed by atoms with Gasteiger partial charge in [0.15, 0.2) is 9.84 Å². The van der Waals surface area contributed by atoms with Gasteiger partial charge in [-0.2, -0.15) is 0 Å². The van der Waals surface area contributed by atoms with Crippen LogP contribution in [0.15, 0.2) is 66.7 Å². The lowest BCUT2D eigenvalue weighted by atomic mass is 9.99. The van der Waals surface area contributed by atoms with Gasteiger partial charge in [-0.3, -0.25) is 10.1 Å². The van der Waals surface area contributed by atoms with E-state index in [0.29, 0.717) is 22.8 Å². The molecule has 1 heterocycles. The second-order valence-electron chi connectivity index (χ2n) is 10.6. The van der Waals surface area contributed by atoms with E-state index in [1.54, 1.807) is 36.4 Å². The molecule has 0 unspecified atom stereocenters. The van der Waals surface area contributed by atoms with E-state index < -0.39 is 26.6 Å². The number of sulfone groups is 1. The highest BCUT2D eigenvalue weighted by atomic mass is 35.5. The molecule has 0 aliphatic carbocycles. The number of amides is 1. The van der Waals surface area contributed by atoms with Gasteiger partial charge in [0.05, 0.1) is 0 Å². The minimum Gasteiger partial charge on any atom is -0.373 e. The average molecular weight is 605 g/mol. The summed E-state index contributed by atoms with van der Waals surface area (Å²) in [5, 5.41) is 13.0. The zero-order valence-electron chi connectivity index (χ0n) is 23.0. The number of rotatable bonds is 11. The van der Waals surface area contributed by atoms with Crippen molar-refractivity contribution in [1.29, 1.82) is 0 Å². The maximum absolute atomic E-state index is 15.3. The number of anilines is 1. The largest absolute Gasteiger partial charge is 0.373 e. The molecule has 0 saturated carbocycles. The van der Waals surface area contributed by atoms with Gasteiger partial charge in [0.1, 0.15) is 22.5 Å². The highest BCUT2D eigenvalue weighted by molar-refractivity contribution is 7.92. The van der Waals surface area contributed by atoms with Crippen LogP contribution in [0.2, 0.25) is 5.02 Å². The fraction of sp³-hybridized carbons (Fsp3) is 0.367. The van der Waals surface area contributed by atoms with Crippen molar-refractivity contribution in [1.82, 2.24) is 16.0 Å². The number of hydrogen-bond acceptors (Lipinski definition) is 6. The molecule has 1 amide bonds. The van der Waals surface area contributed by atoms with Crippen molar-refractivity contribution in [2.45, 2.75) is 49.7 Å². The van der Waals surface area contributed by atoms with Crippen LogP contribution in [-0.4, -0.2) is 50.6 Å². The van der Waals surface area contributed by atoms with Crippen LogP contribution < -0.4 is 21.3 Å². The highest BCUT2D eigenvalue weighted by Gasteiger charge is 2.43. The molecule has 4 rings (SSSR count). The van der Waals surface area contributed by atoms with Gasteiger partial charge in [-0.1, -0.05) is 41.9 Å². The van der Waals surface area contributed by atoms with Gasteiger partial charge in [-0.25, -0.2) is 17.2 Å². The summed E-state index contributed by atoms with van der Waals surface area (Å²) in [7, 11) is -3.55. The molecule has 0 aromatic heterocycles. The quantitative estimate of drug-likeness (QED) is 0.262. The van der Waals surface area contributed by atoms with Crippen LogP contribution in [0.3, 0.4) is 0 Å². The standard InChI is InChI=1S/C30H35ClF2N4O3S/c1-20-17-34-19-30(37-20,41(2,39)40)15-14-25-26(33)4-3-5-27(25)36-28(16-21-6-10-23(31)11-7-21)29(38)35-18-22-8-12-24(32)13-9-22/h3-13,20,28,34,36-37H,14-19H2,1-2H3,(H,35,38)/t20-,28-,30-/m0/s1. The zero-order chi connectivity index (χ0) is 29.6. The molecule has 1 saturated heterocycles. The lowest BCUT2D eigenvalue weighted by Gasteiger charge is -2.40. The normalized spacial score (nSPS) is 19.9. The molecule has 3 aromatic rings. The molecular formula is C30H35ClF2N4O3S. The van der Waals surface area contributed by atoms with Gasteiger partial charge in [0.25, 0.3) is 0 Å². The van der Waals surface area contributed by atoms with E-state index in [-0.39, 0.29) is 50.1 Å². The van der Waals surface area contributed by atoms with Crippen molar-refractivity contribution in [3.8, 4) is 0 Å². The Labute approximate surface area is 245 Å². The first kappa shape index (κ1) is 30.9. The SMILES string of the molecule is C[C@H]1CNC[C@](CCc2c(F)cccc2N[C@@H](Cc2ccc(Cl)cc2)C(=O)NCc2ccc(F)cc2)(S(C)(=O)=O)N1. The van der Waals surface area contributed by atoms with E-state index in [1.807, 2.05) is 19.1 Å². The molecule has 0 spiro atoms. The van der Waals surface area contributed by atoms with Crippen LogP contribution in [0, 0.1) is 11.6 Å². The Bertz CT molecular complexity index is 1460. The maximum atomic E-state index is 15.3. The molecule has 41 heavy (non-hydrogen) atoms. The lowest BCUT2D eigenvalue weighted by Crippen LogP contribution is -2.66. The first-order chi connectivity index (χ1) is 19.5. The van der Waals surface area contributed by atoms with Crippen molar-refractivity contribution in [2.24, 2.45) is 0 Å². The molecule has 1 aliphatic heterocycles. The number of benzene rings is 3. The molecule has 7 nitrogen and oxygen atoms in total. The first-order valence-electron chi connectivity index (χ1n) is 13.4. The number of halogens is 3. The third kappa shape index (κ3) is 8.03. The first-order valence-corrected chi connectivity index (χ1v) is 15.7. The van der Waals surface area contributed by atoms with E-state index in [0.717, 1.165) is 11.1 Å². The summed E-state index contributed by atoms with van der Waals surface area (Å²) in [5.41, 5.74) is 2.26. The molecular weight excluding hydrogens is 570 g/mol. The Morgan fingerprint density at radius 1 is 1.07 bits per heavy atom. The molecule has 4 N–H and O–H groups in total. The molecule has 0 radical (unpaired) electrons. The van der Waals surface area contributed by atoms with Crippen LogP contribution in [0.4, 0.5) is 14.5 Å². The Balaban J connectivity index is 1.58. The highest BCUT2D eigenvalue weighted by Crippen LogP contribution is 2.28. The average Bonchev–Trinajstić information content (AvgIpc) is 2.92. The predicted octanol–water partition coefficient (Wildman–Crippen LogP) is 4.21. The Hall–Kier alpha value is -3.05. The van der Waals surface area contributed by atoms with Crippen molar-refractivity contribution in [2.75, 3.05) is 24.7 Å². The summed E-state index contributed by atoms with van der Waals surface area (Å²) in [5.74, 6) is -1.20. The van der Waals surface area contributed by atoms with Crippen LogP contribution in [0.25, 0.3) is 0 Å². The molecule has 1 fully saturated rings. The van der Waals surface area contributed by atoms with Crippen molar-refractivity contribution < 1.29 is 22.0 Å². The number of nitrogens with one attached hydrogen (secondary N) is 4. The van der Waals surface area contributed by atoms with E-state index >= 15 is 4.39 Å². The Morgan fingerprint density at radius 2 is 1.76 bits per heavy atom. The number of carbonyl (C=O) groups is 1. The fourth-order valence-corrected chi connectivity index (χ4v) is 6.45. The fourth-order valence-electron chi connectivity index (χ4n) is 5.07. The monoisotopic (exact) mass is 604 g/mol. The van der Waals surface area contributed by atoms with E-state index in [1.165, 1.54) is 24.5 Å². The summed E-state index contributed by atoms with van der Waals surface area (Å²) < 4.78 is 54.3. The summed E-state index contributed by atoms with van der Waals surface area (Å²) in [6, 6.07) is 16.6. The number of carbonyl (C=O) groups excluding carboxylic acids is 1. The summed E-state index contributed by atoms with van der Waals surface area (Å²) in [6.45, 7) is 2.91. The van der Waals surface area contributed by atoms with Crippen molar-refractivity contribution in [3.05, 3.63) is 100 Å². The maximum Gasteiger partial charge on any atom is 0.243 e. The molecule has 11 heteroatoms.